The predicted molar refractivity (Wildman–Crippen MR) is 87.5 cm³/mol. The summed E-state index contributed by atoms with van der Waals surface area (Å²) in [6.45, 7) is 6.30. The number of hydrogen-bond acceptors (Lipinski definition) is 2. The molecule has 0 aliphatic heterocycles. The Balaban J connectivity index is 2.33. The molecule has 0 fully saturated rings. The Labute approximate surface area is 131 Å². The van der Waals surface area contributed by atoms with Crippen LogP contribution in [0.25, 0.3) is 0 Å². The third kappa shape index (κ3) is 3.30. The van der Waals surface area contributed by atoms with Gasteiger partial charge < -0.3 is 9.84 Å². The zero-order chi connectivity index (χ0) is 16.2. The topological polar surface area (TPSA) is 46.5 Å². The normalized spacial score (nSPS) is 13.4. The molecule has 3 heteroatoms. The molecule has 2 aromatic carbocycles. The van der Waals surface area contributed by atoms with Gasteiger partial charge in [-0.3, -0.25) is 4.79 Å². The van der Waals surface area contributed by atoms with Gasteiger partial charge in [-0.2, -0.15) is 0 Å². The van der Waals surface area contributed by atoms with E-state index >= 15 is 0 Å². The first-order valence-electron chi connectivity index (χ1n) is 7.48. The van der Waals surface area contributed by atoms with E-state index in [1.165, 1.54) is 0 Å². The molecule has 0 bridgehead atoms. The Bertz CT molecular complexity index is 646. The predicted octanol–water partition coefficient (Wildman–Crippen LogP) is 3.98. The molecule has 0 radical (unpaired) electrons. The van der Waals surface area contributed by atoms with Crippen molar-refractivity contribution in [2.75, 3.05) is 6.61 Å². The number of aryl methyl sites for hydroxylation is 1. The molecule has 116 valence electrons. The Kier molecular flexibility index (Phi) is 4.86. The van der Waals surface area contributed by atoms with Gasteiger partial charge in [0.2, 0.25) is 0 Å². The molecule has 3 nitrogen and oxygen atoms in total. The molecule has 22 heavy (non-hydrogen) atoms. The Morgan fingerprint density at radius 1 is 1.14 bits per heavy atom. The van der Waals surface area contributed by atoms with Crippen LogP contribution in [0.5, 0.6) is 5.75 Å². The Morgan fingerprint density at radius 3 is 2.32 bits per heavy atom. The molecule has 1 atom stereocenters. The summed E-state index contributed by atoms with van der Waals surface area (Å²) in [5.41, 5.74) is 1.89. The molecule has 0 amide bonds. The van der Waals surface area contributed by atoms with E-state index in [1.807, 2.05) is 62.4 Å². The molecular weight excluding hydrogens is 276 g/mol. The number of benzene rings is 2. The molecule has 0 saturated carbocycles. The number of carbonyl (C=O) groups is 1. The van der Waals surface area contributed by atoms with Crippen molar-refractivity contribution in [3.63, 3.8) is 0 Å². The van der Waals surface area contributed by atoms with Crippen LogP contribution < -0.4 is 4.74 Å². The number of rotatable bonds is 6. The second-order valence-electron chi connectivity index (χ2n) is 5.71. The molecule has 1 N–H and O–H groups in total. The highest BCUT2D eigenvalue weighted by Gasteiger charge is 2.36. The van der Waals surface area contributed by atoms with E-state index in [9.17, 15) is 9.90 Å². The van der Waals surface area contributed by atoms with Crippen LogP contribution in [-0.2, 0) is 16.6 Å². The molecule has 1 unspecified atom stereocenters. The highest BCUT2D eigenvalue weighted by Crippen LogP contribution is 2.31. The van der Waals surface area contributed by atoms with Gasteiger partial charge in [0, 0.05) is 0 Å². The number of hydrogen-bond donors (Lipinski definition) is 1. The fourth-order valence-corrected chi connectivity index (χ4v) is 2.76. The van der Waals surface area contributed by atoms with Crippen molar-refractivity contribution >= 4 is 5.97 Å². The number of aliphatic carboxylic acids is 1. The summed E-state index contributed by atoms with van der Waals surface area (Å²) in [7, 11) is 0. The van der Waals surface area contributed by atoms with Gasteiger partial charge in [-0.25, -0.2) is 0 Å². The highest BCUT2D eigenvalue weighted by molar-refractivity contribution is 5.82. The summed E-state index contributed by atoms with van der Waals surface area (Å²) in [4.78, 5) is 11.9. The molecule has 0 aliphatic carbocycles. The van der Waals surface area contributed by atoms with Gasteiger partial charge in [-0.1, -0.05) is 36.4 Å². The van der Waals surface area contributed by atoms with Gasteiger partial charge in [0.15, 0.2) is 0 Å². The van der Waals surface area contributed by atoms with Crippen LogP contribution in [0.1, 0.15) is 30.5 Å². The summed E-state index contributed by atoms with van der Waals surface area (Å²) in [6, 6.07) is 15.3. The average molecular weight is 298 g/mol. The fraction of sp³-hybridized carbons (Fsp3) is 0.316. The number of carboxylic acids is 1. The van der Waals surface area contributed by atoms with E-state index in [0.717, 1.165) is 22.4 Å². The van der Waals surface area contributed by atoms with Crippen molar-refractivity contribution in [2.45, 2.75) is 32.6 Å². The smallest absolute Gasteiger partial charge is 0.314 e. The average Bonchev–Trinajstić information content (AvgIpc) is 2.49. The van der Waals surface area contributed by atoms with Crippen LogP contribution in [0, 0.1) is 6.92 Å². The molecular formula is C19H22O3. The molecule has 0 aromatic heterocycles. The van der Waals surface area contributed by atoms with E-state index in [-0.39, 0.29) is 0 Å². The van der Waals surface area contributed by atoms with Crippen molar-refractivity contribution in [1.29, 1.82) is 0 Å². The Hall–Kier alpha value is -2.29. The summed E-state index contributed by atoms with van der Waals surface area (Å²) >= 11 is 0. The van der Waals surface area contributed by atoms with Gasteiger partial charge in [0.1, 0.15) is 5.75 Å². The maximum atomic E-state index is 11.9. The van der Waals surface area contributed by atoms with Crippen molar-refractivity contribution in [3.05, 3.63) is 65.2 Å². The van der Waals surface area contributed by atoms with E-state index in [2.05, 4.69) is 0 Å². The minimum Gasteiger partial charge on any atom is -0.494 e. The first kappa shape index (κ1) is 16.1. The highest BCUT2D eigenvalue weighted by atomic mass is 16.5. The minimum absolute atomic E-state index is 0.444. The second kappa shape index (κ2) is 6.65. The molecule has 0 spiro atoms. The third-order valence-corrected chi connectivity index (χ3v) is 4.00. The van der Waals surface area contributed by atoms with Crippen LogP contribution >= 0.6 is 0 Å². The number of carboxylic acid groups (broad SMARTS) is 1. The first-order valence-corrected chi connectivity index (χ1v) is 7.48. The minimum atomic E-state index is -0.946. The fourth-order valence-electron chi connectivity index (χ4n) is 2.76. The zero-order valence-corrected chi connectivity index (χ0v) is 13.3. The van der Waals surface area contributed by atoms with Crippen LogP contribution in [0.4, 0.5) is 0 Å². The van der Waals surface area contributed by atoms with Crippen LogP contribution in [0.3, 0.4) is 0 Å². The zero-order valence-electron chi connectivity index (χ0n) is 13.3. The Morgan fingerprint density at radius 2 is 1.77 bits per heavy atom. The van der Waals surface area contributed by atoms with Gasteiger partial charge in [-0.15, -0.1) is 0 Å². The lowest BCUT2D eigenvalue weighted by atomic mass is 9.75. The lowest BCUT2D eigenvalue weighted by Gasteiger charge is -2.27. The molecule has 2 aromatic rings. The molecule has 2 rings (SSSR count). The summed E-state index contributed by atoms with van der Waals surface area (Å²) in [5, 5.41) is 9.79. The monoisotopic (exact) mass is 298 g/mol. The molecule has 0 saturated heterocycles. The van der Waals surface area contributed by atoms with Crippen molar-refractivity contribution < 1.29 is 14.6 Å². The lowest BCUT2D eigenvalue weighted by molar-refractivity contribution is -0.143. The van der Waals surface area contributed by atoms with Gasteiger partial charge in [0.05, 0.1) is 12.0 Å². The van der Waals surface area contributed by atoms with E-state index in [0.29, 0.717) is 13.0 Å². The quantitative estimate of drug-likeness (QED) is 0.877. The SMILES string of the molecule is CCOc1ccc(CC(C)(C(=O)O)c2ccccc2C)cc1. The summed E-state index contributed by atoms with van der Waals surface area (Å²) < 4.78 is 5.43. The maximum absolute atomic E-state index is 11.9. The second-order valence-corrected chi connectivity index (χ2v) is 5.71. The van der Waals surface area contributed by atoms with Gasteiger partial charge in [0.25, 0.3) is 0 Å². The van der Waals surface area contributed by atoms with Crippen molar-refractivity contribution in [2.24, 2.45) is 0 Å². The number of ether oxygens (including phenoxy) is 1. The molecule has 0 heterocycles. The van der Waals surface area contributed by atoms with Crippen LogP contribution in [0.2, 0.25) is 0 Å². The van der Waals surface area contributed by atoms with Crippen LogP contribution in [-0.4, -0.2) is 17.7 Å². The van der Waals surface area contributed by atoms with E-state index in [1.54, 1.807) is 6.92 Å². The van der Waals surface area contributed by atoms with E-state index < -0.39 is 11.4 Å². The largest absolute Gasteiger partial charge is 0.494 e. The summed E-state index contributed by atoms with van der Waals surface area (Å²) in [6.07, 6.45) is 0.444. The maximum Gasteiger partial charge on any atom is 0.314 e. The lowest BCUT2D eigenvalue weighted by Crippen LogP contribution is -2.35. The van der Waals surface area contributed by atoms with Crippen molar-refractivity contribution in [1.82, 2.24) is 0 Å². The first-order chi connectivity index (χ1) is 10.5. The summed E-state index contributed by atoms with van der Waals surface area (Å²) in [5.74, 6) is -0.00476. The van der Waals surface area contributed by atoms with Crippen LogP contribution in [0.15, 0.2) is 48.5 Å². The van der Waals surface area contributed by atoms with Gasteiger partial charge >= 0.3 is 5.97 Å². The standard InChI is InChI=1S/C19H22O3/c1-4-22-16-11-9-15(10-12-16)13-19(3,18(20)21)17-8-6-5-7-14(17)2/h5-12H,4,13H2,1-3H3,(H,20,21). The van der Waals surface area contributed by atoms with Gasteiger partial charge in [-0.05, 0) is 56.0 Å². The van der Waals surface area contributed by atoms with E-state index in [4.69, 9.17) is 4.74 Å². The van der Waals surface area contributed by atoms with Crippen molar-refractivity contribution in [3.8, 4) is 5.75 Å². The third-order valence-electron chi connectivity index (χ3n) is 4.00. The molecule has 0 aliphatic rings.